The fourth-order valence-electron chi connectivity index (χ4n) is 1.22. The molecule has 0 unspecified atom stereocenters. The maximum atomic E-state index is 5.62. The van der Waals surface area contributed by atoms with Crippen LogP contribution in [0.5, 0.6) is 0 Å². The molecule has 1 N–H and O–H groups in total. The highest BCUT2D eigenvalue weighted by Crippen LogP contribution is 2.33. The Hall–Kier alpha value is 0.270. The van der Waals surface area contributed by atoms with E-state index in [-0.39, 0.29) is 5.60 Å². The van der Waals surface area contributed by atoms with Gasteiger partial charge in [-0.05, 0) is 0 Å². The number of hydrogen-bond donors (Lipinski definition) is 1. The van der Waals surface area contributed by atoms with Crippen molar-refractivity contribution in [2.24, 2.45) is 0 Å². The van der Waals surface area contributed by atoms with Gasteiger partial charge in [-0.15, -0.1) is 0 Å². The summed E-state index contributed by atoms with van der Waals surface area (Å²) >= 11 is 1.98. The van der Waals surface area contributed by atoms with E-state index in [9.17, 15) is 0 Å². The lowest BCUT2D eigenvalue weighted by atomic mass is 10.1. The van der Waals surface area contributed by atoms with E-state index in [0.717, 1.165) is 19.7 Å². The topological polar surface area (TPSA) is 21.3 Å². The Morgan fingerprint density at radius 3 is 2.67 bits per heavy atom. The molecule has 2 nitrogen and oxygen atoms in total. The first-order chi connectivity index (χ1) is 4.41. The van der Waals surface area contributed by atoms with Gasteiger partial charge in [0.2, 0.25) is 0 Å². The van der Waals surface area contributed by atoms with Crippen molar-refractivity contribution in [1.29, 1.82) is 0 Å². The fourth-order valence-corrected chi connectivity index (χ4v) is 2.25. The second-order valence-corrected chi connectivity index (χ2v) is 3.69. The van der Waals surface area contributed by atoms with E-state index in [4.69, 9.17) is 4.74 Å². The molecule has 0 aromatic heterocycles. The van der Waals surface area contributed by atoms with Gasteiger partial charge < -0.3 is 10.1 Å². The number of nitrogens with one attached hydrogen (secondary N) is 1. The molecule has 2 fully saturated rings. The molecule has 0 atom stereocenters. The van der Waals surface area contributed by atoms with Gasteiger partial charge in [-0.25, -0.2) is 0 Å². The van der Waals surface area contributed by atoms with Crippen LogP contribution in [0.25, 0.3) is 0 Å². The summed E-state index contributed by atoms with van der Waals surface area (Å²) in [4.78, 5) is 0. The molecule has 2 saturated heterocycles. The second kappa shape index (κ2) is 2.15. The smallest absolute Gasteiger partial charge is 0.0986 e. The maximum Gasteiger partial charge on any atom is 0.0986 e. The quantitative estimate of drug-likeness (QED) is 0.522. The highest BCUT2D eigenvalue weighted by molar-refractivity contribution is 8.00. The summed E-state index contributed by atoms with van der Waals surface area (Å²) in [5, 5.41) is 3.34. The van der Waals surface area contributed by atoms with Crippen LogP contribution in [0, 0.1) is 0 Å². The lowest BCUT2D eigenvalue weighted by Crippen LogP contribution is -2.58. The molecule has 3 heteroatoms. The Balaban J connectivity index is 1.93. The molecule has 2 aliphatic rings. The average molecular weight is 145 g/mol. The number of rotatable bonds is 0. The Labute approximate surface area is 59.3 Å². The largest absolute Gasteiger partial charge is 0.371 e. The predicted molar refractivity (Wildman–Crippen MR) is 38.9 cm³/mol. The molecule has 0 amide bonds. The molecule has 0 aliphatic carbocycles. The van der Waals surface area contributed by atoms with Crippen LogP contribution in [0.2, 0.25) is 0 Å². The van der Waals surface area contributed by atoms with E-state index >= 15 is 0 Å². The van der Waals surface area contributed by atoms with Gasteiger partial charge in [0, 0.05) is 24.6 Å². The Morgan fingerprint density at radius 1 is 1.44 bits per heavy atom. The van der Waals surface area contributed by atoms with Crippen molar-refractivity contribution in [3.8, 4) is 0 Å². The van der Waals surface area contributed by atoms with Gasteiger partial charge >= 0.3 is 0 Å². The minimum atomic E-state index is 0.253. The number of thioether (sulfide) groups is 1. The lowest BCUT2D eigenvalue weighted by Gasteiger charge is -2.43. The Bertz CT molecular complexity index is 106. The van der Waals surface area contributed by atoms with Crippen molar-refractivity contribution in [1.82, 2.24) is 5.32 Å². The molecule has 52 valence electrons. The summed E-state index contributed by atoms with van der Waals surface area (Å²) < 4.78 is 5.62. The van der Waals surface area contributed by atoms with Crippen molar-refractivity contribution in [3.63, 3.8) is 0 Å². The third-order valence-electron chi connectivity index (χ3n) is 1.86. The molecule has 0 radical (unpaired) electrons. The normalized spacial score (nSPS) is 32.0. The Kier molecular flexibility index (Phi) is 1.43. The predicted octanol–water partition coefficient (Wildman–Crippen LogP) is 0.0918. The third-order valence-corrected chi connectivity index (χ3v) is 3.32. The van der Waals surface area contributed by atoms with Crippen LogP contribution in [-0.2, 0) is 4.74 Å². The fraction of sp³-hybridized carbons (Fsp3) is 1.00. The average Bonchev–Trinajstić information content (AvgIpc) is 1.87. The van der Waals surface area contributed by atoms with Gasteiger partial charge in [0.25, 0.3) is 0 Å². The summed E-state index contributed by atoms with van der Waals surface area (Å²) in [7, 11) is 0. The molecular weight excluding hydrogens is 134 g/mol. The summed E-state index contributed by atoms with van der Waals surface area (Å²) in [6.45, 7) is 3.01. The number of morpholine rings is 1. The minimum absolute atomic E-state index is 0.253. The van der Waals surface area contributed by atoms with Gasteiger partial charge in [-0.1, -0.05) is 0 Å². The molecule has 2 heterocycles. The molecule has 2 rings (SSSR count). The molecule has 0 saturated carbocycles. The van der Waals surface area contributed by atoms with E-state index in [1.54, 1.807) is 0 Å². The maximum absolute atomic E-state index is 5.62. The minimum Gasteiger partial charge on any atom is -0.371 e. The lowest BCUT2D eigenvalue weighted by molar-refractivity contribution is -0.0393. The van der Waals surface area contributed by atoms with Crippen molar-refractivity contribution >= 4 is 11.8 Å². The van der Waals surface area contributed by atoms with E-state index in [0.29, 0.717) is 0 Å². The van der Waals surface area contributed by atoms with Crippen LogP contribution < -0.4 is 5.32 Å². The highest BCUT2D eigenvalue weighted by Gasteiger charge is 2.39. The van der Waals surface area contributed by atoms with E-state index < -0.39 is 0 Å². The molecule has 0 aromatic carbocycles. The first-order valence-electron chi connectivity index (χ1n) is 3.34. The summed E-state index contributed by atoms with van der Waals surface area (Å²) in [5.41, 5.74) is 0.253. The molecule has 0 aromatic rings. The summed E-state index contributed by atoms with van der Waals surface area (Å²) in [5.74, 6) is 2.39. The van der Waals surface area contributed by atoms with Crippen LogP contribution in [0.15, 0.2) is 0 Å². The molecule has 0 bridgehead atoms. The van der Waals surface area contributed by atoms with Crippen molar-refractivity contribution < 1.29 is 4.74 Å². The number of ether oxygens (including phenoxy) is 1. The summed E-state index contributed by atoms with van der Waals surface area (Å²) in [6, 6.07) is 0. The van der Waals surface area contributed by atoms with Crippen LogP contribution in [-0.4, -0.2) is 36.8 Å². The standard InChI is InChI=1S/C6H11NOS/c1-2-8-6(3-7-1)4-9-5-6/h7H,1-5H2. The van der Waals surface area contributed by atoms with Gasteiger partial charge in [-0.3, -0.25) is 0 Å². The zero-order chi connectivity index (χ0) is 6.16. The third kappa shape index (κ3) is 0.974. The van der Waals surface area contributed by atoms with E-state index in [2.05, 4.69) is 5.32 Å². The second-order valence-electron chi connectivity index (χ2n) is 2.70. The van der Waals surface area contributed by atoms with Gasteiger partial charge in [0.05, 0.1) is 12.2 Å². The van der Waals surface area contributed by atoms with E-state index in [1.807, 2.05) is 11.8 Å². The first kappa shape index (κ1) is 6.01. The van der Waals surface area contributed by atoms with Crippen molar-refractivity contribution in [3.05, 3.63) is 0 Å². The molecule has 1 spiro atoms. The molecule has 9 heavy (non-hydrogen) atoms. The SMILES string of the molecule is C1COC2(CN1)CSC2. The first-order valence-corrected chi connectivity index (χ1v) is 4.49. The van der Waals surface area contributed by atoms with Gasteiger partial charge in [-0.2, -0.15) is 11.8 Å². The Morgan fingerprint density at radius 2 is 2.33 bits per heavy atom. The van der Waals surface area contributed by atoms with Gasteiger partial charge in [0.1, 0.15) is 0 Å². The monoisotopic (exact) mass is 145 g/mol. The van der Waals surface area contributed by atoms with Gasteiger partial charge in [0.15, 0.2) is 0 Å². The van der Waals surface area contributed by atoms with Crippen LogP contribution in [0.4, 0.5) is 0 Å². The molecular formula is C6H11NOS. The van der Waals surface area contributed by atoms with Crippen molar-refractivity contribution in [2.75, 3.05) is 31.2 Å². The van der Waals surface area contributed by atoms with Crippen LogP contribution in [0.1, 0.15) is 0 Å². The van der Waals surface area contributed by atoms with Crippen LogP contribution >= 0.6 is 11.8 Å². The summed E-state index contributed by atoms with van der Waals surface area (Å²) in [6.07, 6.45) is 0. The zero-order valence-corrected chi connectivity index (χ0v) is 6.17. The highest BCUT2D eigenvalue weighted by atomic mass is 32.2. The van der Waals surface area contributed by atoms with Crippen molar-refractivity contribution in [2.45, 2.75) is 5.60 Å². The van der Waals surface area contributed by atoms with Crippen LogP contribution in [0.3, 0.4) is 0 Å². The zero-order valence-electron chi connectivity index (χ0n) is 5.35. The number of hydrogen-bond acceptors (Lipinski definition) is 3. The van der Waals surface area contributed by atoms with E-state index in [1.165, 1.54) is 11.5 Å². The molecule has 2 aliphatic heterocycles.